The SMILES string of the molecule is CC(C)CC1CC(c2onc(C(CC=CN3CCCCC3)CC(=O)OC(C)(C)C)c2C2CC2)C1. The summed E-state index contributed by atoms with van der Waals surface area (Å²) in [5, 5.41) is 4.65. The van der Waals surface area contributed by atoms with Crippen LogP contribution in [0.2, 0.25) is 0 Å². The number of piperidine rings is 1. The number of carbonyl (C=O) groups is 1. The third-order valence-corrected chi connectivity index (χ3v) is 7.53. The average molecular weight is 471 g/mol. The van der Waals surface area contributed by atoms with Crippen LogP contribution in [0.15, 0.2) is 16.8 Å². The minimum Gasteiger partial charge on any atom is -0.460 e. The van der Waals surface area contributed by atoms with Gasteiger partial charge in [0, 0.05) is 30.5 Å². The fourth-order valence-corrected chi connectivity index (χ4v) is 5.82. The molecule has 3 aliphatic rings. The van der Waals surface area contributed by atoms with E-state index in [0.29, 0.717) is 18.3 Å². The summed E-state index contributed by atoms with van der Waals surface area (Å²) >= 11 is 0. The molecule has 0 spiro atoms. The number of hydrogen-bond acceptors (Lipinski definition) is 5. The summed E-state index contributed by atoms with van der Waals surface area (Å²) in [6.45, 7) is 12.7. The van der Waals surface area contributed by atoms with Crippen molar-refractivity contribution in [2.45, 2.75) is 122 Å². The second kappa shape index (κ2) is 10.9. The zero-order chi connectivity index (χ0) is 24.3. The predicted molar refractivity (Wildman–Crippen MR) is 136 cm³/mol. The van der Waals surface area contributed by atoms with Gasteiger partial charge in [-0.15, -0.1) is 0 Å². The monoisotopic (exact) mass is 470 g/mol. The van der Waals surface area contributed by atoms with Crippen molar-refractivity contribution >= 4 is 5.97 Å². The summed E-state index contributed by atoms with van der Waals surface area (Å²) in [6.07, 6.45) is 15.7. The number of likely N-dealkylation sites (tertiary alicyclic amines) is 1. The second-order valence-electron chi connectivity index (χ2n) is 12.5. The Morgan fingerprint density at radius 3 is 2.47 bits per heavy atom. The topological polar surface area (TPSA) is 55.6 Å². The van der Waals surface area contributed by atoms with Gasteiger partial charge in [-0.05, 0) is 103 Å². The molecule has 1 unspecified atom stereocenters. The van der Waals surface area contributed by atoms with E-state index in [1.54, 1.807) is 0 Å². The van der Waals surface area contributed by atoms with Crippen molar-refractivity contribution < 1.29 is 14.1 Å². The third-order valence-electron chi connectivity index (χ3n) is 7.53. The summed E-state index contributed by atoms with van der Waals surface area (Å²) in [6, 6.07) is 0. The molecule has 190 valence electrons. The van der Waals surface area contributed by atoms with Crippen LogP contribution >= 0.6 is 0 Å². The highest BCUT2D eigenvalue weighted by atomic mass is 16.6. The van der Waals surface area contributed by atoms with Gasteiger partial charge in [-0.2, -0.15) is 0 Å². The lowest BCUT2D eigenvalue weighted by Crippen LogP contribution is -2.25. The van der Waals surface area contributed by atoms with E-state index in [-0.39, 0.29) is 11.9 Å². The molecule has 5 nitrogen and oxygen atoms in total. The first-order chi connectivity index (χ1) is 16.2. The Labute approximate surface area is 206 Å². The molecule has 1 aliphatic heterocycles. The van der Waals surface area contributed by atoms with E-state index in [2.05, 4.69) is 36.2 Å². The van der Waals surface area contributed by atoms with E-state index >= 15 is 0 Å². The van der Waals surface area contributed by atoms with Crippen LogP contribution in [0.3, 0.4) is 0 Å². The number of aromatic nitrogens is 1. The number of carbonyl (C=O) groups excluding carboxylic acids is 1. The lowest BCUT2D eigenvalue weighted by atomic mass is 9.69. The highest BCUT2D eigenvalue weighted by molar-refractivity contribution is 5.71. The molecule has 2 aliphatic carbocycles. The number of hydrogen-bond donors (Lipinski definition) is 0. The quantitative estimate of drug-likeness (QED) is 0.336. The molecule has 3 fully saturated rings. The molecule has 0 amide bonds. The Morgan fingerprint density at radius 1 is 1.15 bits per heavy atom. The molecule has 0 bridgehead atoms. The lowest BCUT2D eigenvalue weighted by Gasteiger charge is -2.35. The molecule has 5 heteroatoms. The Balaban J connectivity index is 1.50. The van der Waals surface area contributed by atoms with Gasteiger partial charge in [0.15, 0.2) is 0 Å². The van der Waals surface area contributed by atoms with Gasteiger partial charge in [0.1, 0.15) is 11.4 Å². The minimum absolute atomic E-state index is 0.00975. The number of esters is 1. The molecule has 0 N–H and O–H groups in total. The molecule has 1 saturated heterocycles. The van der Waals surface area contributed by atoms with Gasteiger partial charge in [0.25, 0.3) is 0 Å². The largest absolute Gasteiger partial charge is 0.460 e. The average Bonchev–Trinajstić information content (AvgIpc) is 3.47. The van der Waals surface area contributed by atoms with Crippen molar-refractivity contribution in [1.29, 1.82) is 0 Å². The molecule has 2 heterocycles. The first kappa shape index (κ1) is 25.3. The van der Waals surface area contributed by atoms with Crippen molar-refractivity contribution in [1.82, 2.24) is 10.1 Å². The highest BCUT2D eigenvalue weighted by Crippen LogP contribution is 2.52. The van der Waals surface area contributed by atoms with Gasteiger partial charge in [0.05, 0.1) is 12.1 Å². The van der Waals surface area contributed by atoms with E-state index in [9.17, 15) is 4.79 Å². The number of ether oxygens (including phenoxy) is 1. The van der Waals surface area contributed by atoms with E-state index in [1.165, 1.54) is 56.9 Å². The Kier molecular flexibility index (Phi) is 8.09. The molecule has 4 rings (SSSR count). The van der Waals surface area contributed by atoms with Gasteiger partial charge in [-0.1, -0.05) is 25.1 Å². The molecule has 1 aromatic heterocycles. The summed E-state index contributed by atoms with van der Waals surface area (Å²) < 4.78 is 11.8. The summed E-state index contributed by atoms with van der Waals surface area (Å²) in [4.78, 5) is 15.3. The third kappa shape index (κ3) is 6.88. The number of nitrogens with zero attached hydrogens (tertiary/aromatic N) is 2. The maximum Gasteiger partial charge on any atom is 0.306 e. The fourth-order valence-electron chi connectivity index (χ4n) is 5.82. The van der Waals surface area contributed by atoms with E-state index < -0.39 is 5.60 Å². The van der Waals surface area contributed by atoms with E-state index in [4.69, 9.17) is 9.26 Å². The van der Waals surface area contributed by atoms with Crippen molar-refractivity contribution in [2.24, 2.45) is 11.8 Å². The molecule has 0 aromatic carbocycles. The van der Waals surface area contributed by atoms with Crippen molar-refractivity contribution in [3.8, 4) is 0 Å². The Hall–Kier alpha value is -1.78. The minimum atomic E-state index is -0.475. The molecule has 2 saturated carbocycles. The van der Waals surface area contributed by atoms with E-state index in [0.717, 1.165) is 42.8 Å². The van der Waals surface area contributed by atoms with Crippen LogP contribution in [-0.4, -0.2) is 34.7 Å². The standard InChI is InChI=1S/C29H46N2O3/c1-20(2)16-21-17-24(18-21)28-26(22-11-12-22)27(30-34-28)23(19-25(32)33-29(3,4)5)10-9-15-31-13-7-6-8-14-31/h9,15,20-24H,6-8,10-14,16-19H2,1-5H3. The molecular weight excluding hydrogens is 424 g/mol. The van der Waals surface area contributed by atoms with Crippen LogP contribution in [0.25, 0.3) is 0 Å². The predicted octanol–water partition coefficient (Wildman–Crippen LogP) is 7.30. The maximum absolute atomic E-state index is 12.8. The molecule has 34 heavy (non-hydrogen) atoms. The van der Waals surface area contributed by atoms with Crippen LogP contribution in [0, 0.1) is 11.8 Å². The van der Waals surface area contributed by atoms with Crippen molar-refractivity contribution in [2.75, 3.05) is 13.1 Å². The van der Waals surface area contributed by atoms with E-state index in [1.807, 2.05) is 20.8 Å². The lowest BCUT2D eigenvalue weighted by molar-refractivity contribution is -0.155. The van der Waals surface area contributed by atoms with Gasteiger partial charge >= 0.3 is 5.97 Å². The van der Waals surface area contributed by atoms with Gasteiger partial charge in [-0.3, -0.25) is 4.79 Å². The smallest absolute Gasteiger partial charge is 0.306 e. The second-order valence-corrected chi connectivity index (χ2v) is 12.5. The Bertz CT molecular complexity index is 834. The number of rotatable bonds is 10. The van der Waals surface area contributed by atoms with Crippen molar-refractivity contribution in [3.63, 3.8) is 0 Å². The first-order valence-corrected chi connectivity index (χ1v) is 13.8. The fraction of sp³-hybridized carbons (Fsp3) is 0.793. The summed E-state index contributed by atoms with van der Waals surface area (Å²) in [5.74, 6) is 3.64. The zero-order valence-electron chi connectivity index (χ0n) is 22.1. The van der Waals surface area contributed by atoms with Crippen molar-refractivity contribution in [3.05, 3.63) is 29.3 Å². The van der Waals surface area contributed by atoms with Crippen LogP contribution in [0.5, 0.6) is 0 Å². The number of allylic oxidation sites excluding steroid dienone is 1. The maximum atomic E-state index is 12.8. The molecule has 1 aromatic rings. The zero-order valence-corrected chi connectivity index (χ0v) is 22.1. The first-order valence-electron chi connectivity index (χ1n) is 13.8. The molecule has 0 radical (unpaired) electrons. The summed E-state index contributed by atoms with van der Waals surface area (Å²) in [7, 11) is 0. The van der Waals surface area contributed by atoms with Gasteiger partial charge < -0.3 is 14.2 Å². The van der Waals surface area contributed by atoms with Crippen LogP contribution < -0.4 is 0 Å². The molecular formula is C29H46N2O3. The van der Waals surface area contributed by atoms with Gasteiger partial charge in [-0.25, -0.2) is 0 Å². The molecule has 1 atom stereocenters. The van der Waals surface area contributed by atoms with Crippen LogP contribution in [0.1, 0.15) is 134 Å². The highest BCUT2D eigenvalue weighted by Gasteiger charge is 2.41. The van der Waals surface area contributed by atoms with Crippen LogP contribution in [0.4, 0.5) is 0 Å². The summed E-state index contributed by atoms with van der Waals surface area (Å²) in [5.41, 5.74) is 1.89. The Morgan fingerprint density at radius 2 is 1.85 bits per heavy atom. The van der Waals surface area contributed by atoms with Crippen LogP contribution in [-0.2, 0) is 9.53 Å². The normalized spacial score (nSPS) is 24.5. The van der Waals surface area contributed by atoms with Gasteiger partial charge in [0.2, 0.25) is 0 Å².